The normalized spacial score (nSPS) is 13.3. The number of thiazole rings is 1. The summed E-state index contributed by atoms with van der Waals surface area (Å²) >= 11 is 1.20. The lowest BCUT2D eigenvalue weighted by molar-refractivity contribution is -0.0588. The number of nitrogens with zero attached hydrogens (tertiary/aromatic N) is 2. The van der Waals surface area contributed by atoms with Crippen molar-refractivity contribution in [1.29, 1.82) is 0 Å². The standard InChI is InChI=1S/C19H19N3O6S/c1-19(2,3)27-18(26)20-9-8-14-21-13(10-29-14)17(25)28-22-15(23)11-6-4-5-7-12(11)16(22)24/h4-7,10H,8-9H2,1-3H3,(H,20,26). The highest BCUT2D eigenvalue weighted by Crippen LogP contribution is 2.23. The number of aromatic nitrogens is 1. The van der Waals surface area contributed by atoms with Crippen LogP contribution < -0.4 is 5.32 Å². The van der Waals surface area contributed by atoms with Gasteiger partial charge in [-0.25, -0.2) is 14.6 Å². The number of benzene rings is 1. The summed E-state index contributed by atoms with van der Waals surface area (Å²) in [4.78, 5) is 57.5. The molecule has 1 aromatic heterocycles. The van der Waals surface area contributed by atoms with Gasteiger partial charge in [0.15, 0.2) is 5.69 Å². The molecule has 3 rings (SSSR count). The molecule has 0 radical (unpaired) electrons. The number of rotatable bonds is 5. The third-order valence-corrected chi connectivity index (χ3v) is 4.61. The van der Waals surface area contributed by atoms with Gasteiger partial charge in [0, 0.05) is 18.3 Å². The minimum absolute atomic E-state index is 0.0289. The second-order valence-electron chi connectivity index (χ2n) is 7.13. The maximum atomic E-state index is 12.3. The van der Waals surface area contributed by atoms with E-state index in [0.717, 1.165) is 0 Å². The third kappa shape index (κ3) is 4.77. The molecular formula is C19H19N3O6S. The van der Waals surface area contributed by atoms with E-state index in [1.54, 1.807) is 32.9 Å². The highest BCUT2D eigenvalue weighted by molar-refractivity contribution is 7.09. The Kier molecular flexibility index (Phi) is 5.64. The number of imide groups is 1. The summed E-state index contributed by atoms with van der Waals surface area (Å²) in [7, 11) is 0. The summed E-state index contributed by atoms with van der Waals surface area (Å²) in [6.45, 7) is 5.56. The largest absolute Gasteiger partial charge is 0.444 e. The molecule has 0 bridgehead atoms. The highest BCUT2D eigenvalue weighted by atomic mass is 32.1. The number of amides is 3. The third-order valence-electron chi connectivity index (χ3n) is 3.70. The van der Waals surface area contributed by atoms with Gasteiger partial charge in [-0.05, 0) is 32.9 Å². The fraction of sp³-hybridized carbons (Fsp3) is 0.316. The Morgan fingerprint density at radius 1 is 1.14 bits per heavy atom. The van der Waals surface area contributed by atoms with Gasteiger partial charge >= 0.3 is 12.1 Å². The van der Waals surface area contributed by atoms with Crippen LogP contribution in [0, 0.1) is 0 Å². The van der Waals surface area contributed by atoms with Gasteiger partial charge in [-0.2, -0.15) is 0 Å². The first-order valence-electron chi connectivity index (χ1n) is 8.77. The summed E-state index contributed by atoms with van der Waals surface area (Å²) < 4.78 is 5.13. The molecule has 3 amide bonds. The zero-order valence-electron chi connectivity index (χ0n) is 16.1. The lowest BCUT2D eigenvalue weighted by atomic mass is 10.1. The molecule has 0 aliphatic carbocycles. The van der Waals surface area contributed by atoms with Gasteiger partial charge in [-0.3, -0.25) is 9.59 Å². The van der Waals surface area contributed by atoms with Gasteiger partial charge in [0.25, 0.3) is 11.8 Å². The molecule has 0 spiro atoms. The number of alkyl carbamates (subject to hydrolysis) is 1. The average molecular weight is 417 g/mol. The molecule has 0 atom stereocenters. The summed E-state index contributed by atoms with van der Waals surface area (Å²) in [5, 5.41) is 5.08. The van der Waals surface area contributed by atoms with Crippen LogP contribution in [0.5, 0.6) is 0 Å². The zero-order valence-corrected chi connectivity index (χ0v) is 16.9. The molecule has 152 valence electrons. The molecule has 0 saturated heterocycles. The van der Waals surface area contributed by atoms with Crippen molar-refractivity contribution in [1.82, 2.24) is 15.4 Å². The second-order valence-corrected chi connectivity index (χ2v) is 8.08. The summed E-state index contributed by atoms with van der Waals surface area (Å²) in [6.07, 6.45) is -0.163. The quantitative estimate of drug-likeness (QED) is 0.744. The van der Waals surface area contributed by atoms with Crippen molar-refractivity contribution >= 4 is 35.2 Å². The van der Waals surface area contributed by atoms with E-state index in [2.05, 4.69) is 10.3 Å². The van der Waals surface area contributed by atoms with Crippen LogP contribution in [0.15, 0.2) is 29.6 Å². The molecule has 1 N–H and O–H groups in total. The lowest BCUT2D eigenvalue weighted by Crippen LogP contribution is -2.33. The molecular weight excluding hydrogens is 398 g/mol. The molecule has 1 aromatic carbocycles. The molecule has 2 aromatic rings. The second kappa shape index (κ2) is 8.00. The van der Waals surface area contributed by atoms with E-state index in [0.29, 0.717) is 16.5 Å². The van der Waals surface area contributed by atoms with Crippen molar-refractivity contribution in [2.75, 3.05) is 6.54 Å². The van der Waals surface area contributed by atoms with E-state index >= 15 is 0 Å². The highest BCUT2D eigenvalue weighted by Gasteiger charge is 2.39. The number of nitrogens with one attached hydrogen (secondary N) is 1. The van der Waals surface area contributed by atoms with Crippen LogP contribution >= 0.6 is 11.3 Å². The van der Waals surface area contributed by atoms with Crippen LogP contribution in [0.4, 0.5) is 4.79 Å². The van der Waals surface area contributed by atoms with Crippen molar-refractivity contribution < 1.29 is 28.8 Å². The van der Waals surface area contributed by atoms with Crippen LogP contribution in [0.3, 0.4) is 0 Å². The van der Waals surface area contributed by atoms with Crippen molar-refractivity contribution in [3.63, 3.8) is 0 Å². The molecule has 0 fully saturated rings. The van der Waals surface area contributed by atoms with Crippen LogP contribution in [-0.2, 0) is 16.0 Å². The minimum Gasteiger partial charge on any atom is -0.444 e. The monoisotopic (exact) mass is 417 g/mol. The van der Waals surface area contributed by atoms with Crippen LogP contribution in [-0.4, -0.2) is 46.1 Å². The number of carbonyl (C=O) groups excluding carboxylic acids is 4. The minimum atomic E-state index is -0.915. The number of ether oxygens (including phenoxy) is 1. The predicted molar refractivity (Wildman–Crippen MR) is 102 cm³/mol. The maximum absolute atomic E-state index is 12.3. The first kappa shape index (κ1) is 20.5. The van der Waals surface area contributed by atoms with E-state index < -0.39 is 29.5 Å². The average Bonchev–Trinajstić information content (AvgIpc) is 3.20. The molecule has 1 aliphatic heterocycles. The van der Waals surface area contributed by atoms with E-state index in [1.165, 1.54) is 28.8 Å². The van der Waals surface area contributed by atoms with E-state index in [-0.39, 0.29) is 23.4 Å². The topological polar surface area (TPSA) is 115 Å². The Hall–Kier alpha value is -3.27. The Bertz CT molecular complexity index is 943. The van der Waals surface area contributed by atoms with Gasteiger partial charge in [0.2, 0.25) is 0 Å². The molecule has 9 nitrogen and oxygen atoms in total. The van der Waals surface area contributed by atoms with Crippen molar-refractivity contribution in [3.05, 3.63) is 51.5 Å². The molecule has 10 heteroatoms. The Morgan fingerprint density at radius 3 is 2.34 bits per heavy atom. The van der Waals surface area contributed by atoms with Crippen molar-refractivity contribution in [2.45, 2.75) is 32.8 Å². The number of hydrogen-bond acceptors (Lipinski definition) is 8. The van der Waals surface area contributed by atoms with Crippen LogP contribution in [0.1, 0.15) is 57.0 Å². The molecule has 0 saturated carbocycles. The lowest BCUT2D eigenvalue weighted by Gasteiger charge is -2.19. The smallest absolute Gasteiger partial charge is 0.407 e. The van der Waals surface area contributed by atoms with Gasteiger partial charge in [-0.1, -0.05) is 17.2 Å². The first-order valence-corrected chi connectivity index (χ1v) is 9.65. The summed E-state index contributed by atoms with van der Waals surface area (Å²) in [5.41, 5.74) is -0.263. The Labute approximate surface area is 170 Å². The van der Waals surface area contributed by atoms with Crippen LogP contribution in [0.25, 0.3) is 0 Å². The summed E-state index contributed by atoms with van der Waals surface area (Å²) in [5.74, 6) is -2.31. The molecule has 0 unspecified atom stereocenters. The number of hydroxylamine groups is 2. The van der Waals surface area contributed by atoms with E-state index in [9.17, 15) is 19.2 Å². The van der Waals surface area contributed by atoms with Gasteiger partial charge in [0.1, 0.15) is 5.60 Å². The molecule has 1 aliphatic rings. The Morgan fingerprint density at radius 2 is 1.76 bits per heavy atom. The first-order chi connectivity index (χ1) is 13.7. The zero-order chi connectivity index (χ0) is 21.2. The molecule has 2 heterocycles. The SMILES string of the molecule is CC(C)(C)OC(=O)NCCc1nc(C(=O)ON2C(=O)c3ccccc3C2=O)cs1. The van der Waals surface area contributed by atoms with Crippen molar-refractivity contribution in [2.24, 2.45) is 0 Å². The number of fused-ring (bicyclic) bond motifs is 1. The van der Waals surface area contributed by atoms with Crippen molar-refractivity contribution in [3.8, 4) is 0 Å². The number of carbonyl (C=O) groups is 4. The molecule has 29 heavy (non-hydrogen) atoms. The fourth-order valence-corrected chi connectivity index (χ4v) is 3.25. The fourth-order valence-electron chi connectivity index (χ4n) is 2.48. The number of hydrogen-bond donors (Lipinski definition) is 1. The maximum Gasteiger partial charge on any atom is 0.407 e. The summed E-state index contributed by atoms with van der Waals surface area (Å²) in [6, 6.07) is 6.21. The van der Waals surface area contributed by atoms with Gasteiger partial charge in [0.05, 0.1) is 16.1 Å². The van der Waals surface area contributed by atoms with Gasteiger partial charge in [-0.15, -0.1) is 11.3 Å². The Balaban J connectivity index is 1.54. The predicted octanol–water partition coefficient (Wildman–Crippen LogP) is 2.58. The van der Waals surface area contributed by atoms with E-state index in [4.69, 9.17) is 9.57 Å². The van der Waals surface area contributed by atoms with Crippen LogP contribution in [0.2, 0.25) is 0 Å². The van der Waals surface area contributed by atoms with Gasteiger partial charge < -0.3 is 14.9 Å². The van der Waals surface area contributed by atoms with E-state index in [1.807, 2.05) is 0 Å².